The number of alkyl halides is 1. The third kappa shape index (κ3) is 15.1. The molecule has 0 saturated heterocycles. The number of aromatic nitrogens is 4. The molecule has 12 aromatic rings. The number of hydrogen-bond acceptors (Lipinski definition) is 18. The number of nitrogens with zero attached hydrogens (tertiary/aromatic N) is 8. The Kier molecular flexibility index (Phi) is 21.0. The zero-order valence-corrected chi connectivity index (χ0v) is 54.8. The van der Waals surface area contributed by atoms with Crippen LogP contribution in [0.4, 0.5) is 20.2 Å². The van der Waals surface area contributed by atoms with Gasteiger partial charge in [-0.05, 0) is 146 Å². The lowest BCUT2D eigenvalue weighted by Gasteiger charge is -2.25. The molecule has 21 nitrogen and oxygen atoms in total. The number of nitriles is 2. The number of benzene rings is 6. The van der Waals surface area contributed by atoms with Gasteiger partial charge in [0.05, 0.1) is 59.0 Å². The molecule has 6 aromatic carbocycles. The molecule has 6 heterocycles. The maximum atomic E-state index is 13.8. The summed E-state index contributed by atoms with van der Waals surface area (Å²) in [4.78, 5) is 44.2. The van der Waals surface area contributed by atoms with Gasteiger partial charge in [-0.3, -0.25) is 18.2 Å². The number of carbonyl (C=O) groups is 2. The van der Waals surface area contributed by atoms with Crippen molar-refractivity contribution in [3.8, 4) is 79.9 Å². The second-order valence-corrected chi connectivity index (χ2v) is 25.7. The monoisotopic (exact) mass is 1380 g/mol. The number of oxazole rings is 2. The van der Waals surface area contributed by atoms with E-state index in [9.17, 15) is 35.2 Å². The summed E-state index contributed by atoms with van der Waals surface area (Å²) in [7, 11) is -6.09. The van der Waals surface area contributed by atoms with E-state index in [1.54, 1.807) is 67.8 Å². The minimum Gasteiger partial charge on any atom is -0.455 e. The van der Waals surface area contributed by atoms with Crippen molar-refractivity contribution in [2.24, 2.45) is 5.73 Å². The Morgan fingerprint density at radius 3 is 1.46 bits per heavy atom. The van der Waals surface area contributed by atoms with Crippen molar-refractivity contribution >= 4 is 103 Å². The Morgan fingerprint density at radius 1 is 0.589 bits per heavy atom. The minimum absolute atomic E-state index is 0.110. The standard InChI is InChI=1S/C35H30FN5O5S.C32H28FN5O5S.C2H2BrN/c1-3-29(42)32-27-20-26(23-7-4-8-24(19-23)35-40-34-30(46-35)9-5-16-39-34)28(41(47(2,43)44)18-6-15-38-17-14-37)21-31(27)45-33(32)22-10-12-25(36)13-11-22;1-35-31(39)28-24-17-23(20-6-3-7-21(16-20)32-37-30-26(43-32)8-4-14-36-30)25(38(15-5-13-34)44(2,40)41)18-27(24)42-29(28)19-9-11-22(33)12-10-19;3-1-2-4/h4-5,7-13,16,19-21,38H,3,6,15,17-18H2,1-2H3;3-4,6-12,14,16-18H,5,13,15,34H2,1-2H3,(H,35,39);1H2. The molecule has 0 bridgehead atoms. The number of pyridine rings is 2. The van der Waals surface area contributed by atoms with Crippen molar-refractivity contribution in [3.63, 3.8) is 0 Å². The quantitative estimate of drug-likeness (QED) is 0.0260. The van der Waals surface area contributed by atoms with Crippen LogP contribution in [-0.4, -0.2) is 106 Å². The Balaban J connectivity index is 0.000000196. The Hall–Kier alpha value is -10.5. The molecule has 1 amide bonds. The van der Waals surface area contributed by atoms with Crippen LogP contribution in [0.5, 0.6) is 0 Å². The van der Waals surface area contributed by atoms with Crippen molar-refractivity contribution in [1.29, 1.82) is 10.5 Å². The first kappa shape index (κ1) is 67.4. The van der Waals surface area contributed by atoms with Gasteiger partial charge in [0.1, 0.15) is 34.3 Å². The van der Waals surface area contributed by atoms with Crippen LogP contribution in [0.3, 0.4) is 0 Å². The Bertz CT molecular complexity index is 5080. The van der Waals surface area contributed by atoms with E-state index < -0.39 is 37.6 Å². The van der Waals surface area contributed by atoms with Crippen LogP contribution in [0.1, 0.15) is 46.9 Å². The van der Waals surface area contributed by atoms with Crippen LogP contribution in [0, 0.1) is 34.3 Å². The summed E-state index contributed by atoms with van der Waals surface area (Å²) in [6, 6.07) is 43.5. The van der Waals surface area contributed by atoms with Crippen LogP contribution in [0.15, 0.2) is 176 Å². The summed E-state index contributed by atoms with van der Waals surface area (Å²) < 4.78 is 108. The highest BCUT2D eigenvalue weighted by Crippen LogP contribution is 2.45. The molecule has 4 N–H and O–H groups in total. The topological polar surface area (TPSA) is 311 Å². The van der Waals surface area contributed by atoms with Crippen molar-refractivity contribution in [1.82, 2.24) is 30.6 Å². The summed E-state index contributed by atoms with van der Waals surface area (Å²) in [6.07, 6.45) is 6.52. The molecular formula is C69H60BrF2N11O10S2. The molecule has 0 aliphatic rings. The van der Waals surface area contributed by atoms with E-state index in [0.29, 0.717) is 137 Å². The number of halogens is 3. The van der Waals surface area contributed by atoms with Gasteiger partial charge in [-0.2, -0.15) is 20.5 Å². The van der Waals surface area contributed by atoms with Crippen molar-refractivity contribution in [2.75, 3.05) is 66.2 Å². The molecule has 0 aliphatic carbocycles. The molecule has 0 aliphatic heterocycles. The van der Waals surface area contributed by atoms with E-state index in [2.05, 4.69) is 46.5 Å². The SMILES string of the molecule is CCC(=O)c1c(-c2ccc(F)cc2)oc2cc(N(CCCNCC#N)S(C)(=O)=O)c(-c3cccc(-c4nc5ncccc5o4)c3)cc12.CNC(=O)c1c(-c2ccc(F)cc2)oc2cc(N(CCCN)S(C)(=O)=O)c(-c3cccc(-c4nc5ncccc5o4)c3)cc12.N#CCBr. The van der Waals surface area contributed by atoms with Crippen LogP contribution >= 0.6 is 15.9 Å². The predicted octanol–water partition coefficient (Wildman–Crippen LogP) is 13.5. The predicted molar refractivity (Wildman–Crippen MR) is 364 cm³/mol. The number of ketones is 1. The maximum absolute atomic E-state index is 13.8. The van der Waals surface area contributed by atoms with Crippen molar-refractivity contribution in [2.45, 2.75) is 26.2 Å². The van der Waals surface area contributed by atoms with Gasteiger partial charge < -0.3 is 34.0 Å². The summed E-state index contributed by atoms with van der Waals surface area (Å²) in [6.45, 7) is 2.82. The van der Waals surface area contributed by atoms with Gasteiger partial charge in [0.15, 0.2) is 28.2 Å². The highest BCUT2D eigenvalue weighted by atomic mass is 79.9. The van der Waals surface area contributed by atoms with Gasteiger partial charge in [-0.25, -0.2) is 35.6 Å². The molecule has 0 radical (unpaired) electrons. The van der Waals surface area contributed by atoms with E-state index in [1.807, 2.05) is 60.7 Å². The molecule has 95 heavy (non-hydrogen) atoms. The number of Topliss-reactive ketones (excluding diaryl/α,β-unsaturated/α-hetero) is 1. The first-order valence-electron chi connectivity index (χ1n) is 29.6. The lowest BCUT2D eigenvalue weighted by atomic mass is 9.95. The Morgan fingerprint density at radius 2 is 1.04 bits per heavy atom. The number of fused-ring (bicyclic) bond motifs is 4. The number of nitrogens with one attached hydrogen (secondary N) is 2. The molecule has 484 valence electrons. The molecule has 0 atom stereocenters. The average molecular weight is 1390 g/mol. The first-order chi connectivity index (χ1) is 45.8. The molecular weight excluding hydrogens is 1320 g/mol. The van der Waals surface area contributed by atoms with Crippen molar-refractivity contribution in [3.05, 3.63) is 181 Å². The zero-order chi connectivity index (χ0) is 67.6. The lowest BCUT2D eigenvalue weighted by molar-refractivity contribution is 0.0962. The number of anilines is 2. The highest BCUT2D eigenvalue weighted by molar-refractivity contribution is 9.09. The zero-order valence-electron chi connectivity index (χ0n) is 51.6. The molecule has 0 unspecified atom stereocenters. The van der Waals surface area contributed by atoms with Crippen LogP contribution in [-0.2, 0) is 20.0 Å². The fraction of sp³-hybridized carbons (Fsp3) is 0.188. The summed E-state index contributed by atoms with van der Waals surface area (Å²) in [5.74, 6) is -0.280. The maximum Gasteiger partial charge on any atom is 0.255 e. The highest BCUT2D eigenvalue weighted by Gasteiger charge is 2.30. The summed E-state index contributed by atoms with van der Waals surface area (Å²) in [5, 5.41) is 23.5. The minimum atomic E-state index is -3.82. The lowest BCUT2D eigenvalue weighted by Crippen LogP contribution is -2.33. The molecule has 0 spiro atoms. The average Bonchev–Trinajstić information content (AvgIpc) is 1.67. The number of furan rings is 2. The normalized spacial score (nSPS) is 11.4. The van der Waals surface area contributed by atoms with Gasteiger partial charge >= 0.3 is 0 Å². The number of nitrogens with two attached hydrogens (primary N) is 1. The van der Waals surface area contributed by atoms with Crippen LogP contribution < -0.4 is 25.0 Å². The second kappa shape index (κ2) is 29.6. The van der Waals surface area contributed by atoms with Gasteiger partial charge in [-0.15, -0.1) is 0 Å². The van der Waals surface area contributed by atoms with E-state index in [4.69, 9.17) is 33.9 Å². The molecule has 12 rings (SSSR count). The van der Waals surface area contributed by atoms with Crippen LogP contribution in [0.2, 0.25) is 0 Å². The van der Waals surface area contributed by atoms with E-state index >= 15 is 0 Å². The molecule has 0 fully saturated rings. The molecule has 26 heteroatoms. The smallest absolute Gasteiger partial charge is 0.255 e. The van der Waals surface area contributed by atoms with E-state index in [0.717, 1.165) is 12.5 Å². The number of rotatable bonds is 21. The fourth-order valence-electron chi connectivity index (χ4n) is 10.6. The van der Waals surface area contributed by atoms with E-state index in [1.165, 1.54) is 64.2 Å². The molecule has 6 aromatic heterocycles. The number of sulfonamides is 2. The number of amides is 1. The fourth-order valence-corrected chi connectivity index (χ4v) is 12.6. The van der Waals surface area contributed by atoms with E-state index in [-0.39, 0.29) is 61.1 Å². The van der Waals surface area contributed by atoms with Crippen molar-refractivity contribution < 1.29 is 52.9 Å². The van der Waals surface area contributed by atoms with Gasteiger partial charge in [0.2, 0.25) is 31.8 Å². The third-order valence-electron chi connectivity index (χ3n) is 14.9. The first-order valence-corrected chi connectivity index (χ1v) is 34.4. The Labute approximate surface area is 553 Å². The summed E-state index contributed by atoms with van der Waals surface area (Å²) in [5.41, 5.74) is 14.2. The van der Waals surface area contributed by atoms with Gasteiger partial charge in [-0.1, -0.05) is 47.1 Å². The number of hydrogen-bond donors (Lipinski definition) is 3. The van der Waals surface area contributed by atoms with Gasteiger partial charge in [0, 0.05) is 95.2 Å². The van der Waals surface area contributed by atoms with Crippen LogP contribution in [0.25, 0.3) is 112 Å². The molecule has 0 saturated carbocycles. The third-order valence-corrected chi connectivity index (χ3v) is 17.5. The van der Waals surface area contributed by atoms with Gasteiger partial charge in [0.25, 0.3) is 5.91 Å². The second-order valence-electron chi connectivity index (χ2n) is 21.4. The number of carbonyl (C=O) groups excluding carboxylic acids is 2. The largest absolute Gasteiger partial charge is 0.455 e. The summed E-state index contributed by atoms with van der Waals surface area (Å²) >= 11 is 2.89.